The highest BCUT2D eigenvalue weighted by Gasteiger charge is 2.13. The van der Waals surface area contributed by atoms with Crippen LogP contribution < -0.4 is 4.57 Å². The topological polar surface area (TPSA) is 8.81 Å². The first-order valence-electron chi connectivity index (χ1n) is 8.33. The Labute approximate surface area is 119 Å². The smallest absolute Gasteiger partial charge is 0.237 e. The molecule has 0 aliphatic heterocycles. The van der Waals surface area contributed by atoms with Crippen LogP contribution >= 0.6 is 0 Å². The molecule has 0 radical (unpaired) electrons. The number of hydrogen-bond acceptors (Lipinski definition) is 0. The lowest BCUT2D eigenvalue weighted by Gasteiger charge is -2.03. The third-order valence-corrected chi connectivity index (χ3v) is 3.97. The normalized spacial score (nSPS) is 11.1. The van der Waals surface area contributed by atoms with Crippen LogP contribution in [-0.4, -0.2) is 4.57 Å². The standard InChI is InChI=1S/C17H33N2/c1-4-6-8-9-10-11-12-13-17-18(3)15-16-19(17)14-7-5-2/h15-16H,4-14H2,1-3H3/q+1. The second-order valence-electron chi connectivity index (χ2n) is 5.74. The predicted molar refractivity (Wildman–Crippen MR) is 82.2 cm³/mol. The molecular weight excluding hydrogens is 232 g/mol. The SMILES string of the molecule is CCCCCCCCCc1n(CCCC)cc[n+]1C. The average molecular weight is 265 g/mol. The van der Waals surface area contributed by atoms with Crippen molar-refractivity contribution in [1.29, 1.82) is 0 Å². The highest BCUT2D eigenvalue weighted by atomic mass is 15.1. The molecule has 0 aliphatic carbocycles. The van der Waals surface area contributed by atoms with Crippen molar-refractivity contribution in [2.45, 2.75) is 84.6 Å². The molecule has 0 spiro atoms. The maximum Gasteiger partial charge on any atom is 0.256 e. The summed E-state index contributed by atoms with van der Waals surface area (Å²) in [5.41, 5.74) is 0. The maximum atomic E-state index is 2.45. The van der Waals surface area contributed by atoms with Crippen LogP contribution in [0, 0.1) is 0 Å². The zero-order valence-corrected chi connectivity index (χ0v) is 13.3. The van der Waals surface area contributed by atoms with Gasteiger partial charge in [-0.3, -0.25) is 0 Å². The Bertz CT molecular complexity index is 328. The van der Waals surface area contributed by atoms with Crippen molar-refractivity contribution in [2.24, 2.45) is 7.05 Å². The van der Waals surface area contributed by atoms with Gasteiger partial charge in [0.1, 0.15) is 12.4 Å². The second kappa shape index (κ2) is 10.1. The predicted octanol–water partition coefficient (Wildman–Crippen LogP) is 4.41. The lowest BCUT2D eigenvalue weighted by molar-refractivity contribution is -0.678. The molecule has 0 amide bonds. The van der Waals surface area contributed by atoms with Crippen molar-refractivity contribution in [3.63, 3.8) is 0 Å². The number of imidazole rings is 1. The summed E-state index contributed by atoms with van der Waals surface area (Å²) >= 11 is 0. The number of rotatable bonds is 11. The summed E-state index contributed by atoms with van der Waals surface area (Å²) < 4.78 is 4.74. The lowest BCUT2D eigenvalue weighted by Crippen LogP contribution is -2.32. The Morgan fingerprint density at radius 3 is 2.21 bits per heavy atom. The molecule has 0 atom stereocenters. The van der Waals surface area contributed by atoms with Crippen LogP contribution in [0.1, 0.15) is 77.5 Å². The van der Waals surface area contributed by atoms with Crippen molar-refractivity contribution in [1.82, 2.24) is 4.57 Å². The monoisotopic (exact) mass is 265 g/mol. The Kier molecular flexibility index (Phi) is 8.61. The largest absolute Gasteiger partial charge is 0.256 e. The molecule has 0 saturated carbocycles. The molecule has 0 bridgehead atoms. The number of hydrogen-bond donors (Lipinski definition) is 0. The van der Waals surface area contributed by atoms with Gasteiger partial charge in [0.15, 0.2) is 0 Å². The van der Waals surface area contributed by atoms with Gasteiger partial charge >= 0.3 is 0 Å². The van der Waals surface area contributed by atoms with Crippen LogP contribution in [-0.2, 0) is 20.0 Å². The van der Waals surface area contributed by atoms with Gasteiger partial charge in [-0.1, -0.05) is 58.8 Å². The molecular formula is C17H33N2+. The van der Waals surface area contributed by atoms with Gasteiger partial charge in [-0.05, 0) is 12.8 Å². The minimum Gasteiger partial charge on any atom is -0.237 e. The van der Waals surface area contributed by atoms with Crippen LogP contribution in [0.4, 0.5) is 0 Å². The molecule has 1 aromatic heterocycles. The molecule has 110 valence electrons. The minimum absolute atomic E-state index is 1.18. The van der Waals surface area contributed by atoms with Gasteiger partial charge < -0.3 is 0 Å². The summed E-state index contributed by atoms with van der Waals surface area (Å²) in [4.78, 5) is 0. The fourth-order valence-electron chi connectivity index (χ4n) is 2.65. The molecule has 19 heavy (non-hydrogen) atoms. The van der Waals surface area contributed by atoms with E-state index < -0.39 is 0 Å². The first kappa shape index (κ1) is 16.3. The molecule has 0 saturated heterocycles. The molecule has 1 aromatic rings. The molecule has 0 aliphatic rings. The molecule has 0 aromatic carbocycles. The van der Waals surface area contributed by atoms with E-state index in [0.717, 1.165) is 0 Å². The van der Waals surface area contributed by atoms with Gasteiger partial charge in [0, 0.05) is 6.42 Å². The highest BCUT2D eigenvalue weighted by molar-refractivity contribution is 4.84. The summed E-state index contributed by atoms with van der Waals surface area (Å²) in [6.45, 7) is 5.73. The van der Waals surface area contributed by atoms with Gasteiger partial charge in [0.05, 0.1) is 13.6 Å². The first-order valence-corrected chi connectivity index (χ1v) is 8.33. The summed E-state index contributed by atoms with van der Waals surface area (Å²) in [6, 6.07) is 0. The molecule has 0 unspecified atom stereocenters. The number of aryl methyl sites for hydroxylation is 2. The van der Waals surface area contributed by atoms with E-state index in [1.807, 2.05) is 0 Å². The van der Waals surface area contributed by atoms with E-state index in [-0.39, 0.29) is 0 Å². The third-order valence-electron chi connectivity index (χ3n) is 3.97. The van der Waals surface area contributed by atoms with Crippen LogP contribution in [0.25, 0.3) is 0 Å². The Balaban J connectivity index is 2.22. The Morgan fingerprint density at radius 1 is 0.895 bits per heavy atom. The summed E-state index contributed by atoms with van der Waals surface area (Å²) in [7, 11) is 2.18. The van der Waals surface area contributed by atoms with Crippen LogP contribution in [0.15, 0.2) is 12.4 Å². The molecule has 2 heteroatoms. The Morgan fingerprint density at radius 2 is 1.53 bits per heavy atom. The first-order chi connectivity index (χ1) is 9.29. The second-order valence-corrected chi connectivity index (χ2v) is 5.74. The van der Waals surface area contributed by atoms with Crippen LogP contribution in [0.3, 0.4) is 0 Å². The van der Waals surface area contributed by atoms with Crippen molar-refractivity contribution >= 4 is 0 Å². The Hall–Kier alpha value is -0.790. The molecule has 0 fully saturated rings. The van der Waals surface area contributed by atoms with Crippen molar-refractivity contribution in [3.8, 4) is 0 Å². The summed E-state index contributed by atoms with van der Waals surface area (Å²) in [5, 5.41) is 0. The lowest BCUT2D eigenvalue weighted by atomic mass is 10.1. The van der Waals surface area contributed by atoms with E-state index in [9.17, 15) is 0 Å². The number of aromatic nitrogens is 2. The highest BCUT2D eigenvalue weighted by Crippen LogP contribution is 2.09. The van der Waals surface area contributed by atoms with Crippen molar-refractivity contribution < 1.29 is 4.57 Å². The summed E-state index contributed by atoms with van der Waals surface area (Å²) in [6.07, 6.45) is 18.0. The fourth-order valence-corrected chi connectivity index (χ4v) is 2.65. The fraction of sp³-hybridized carbons (Fsp3) is 0.824. The van der Waals surface area contributed by atoms with Crippen molar-refractivity contribution in [3.05, 3.63) is 18.2 Å². The van der Waals surface area contributed by atoms with E-state index in [0.29, 0.717) is 0 Å². The van der Waals surface area contributed by atoms with E-state index in [4.69, 9.17) is 0 Å². The number of nitrogens with zero attached hydrogens (tertiary/aromatic N) is 2. The van der Waals surface area contributed by atoms with Crippen molar-refractivity contribution in [2.75, 3.05) is 0 Å². The van der Waals surface area contributed by atoms with Gasteiger partial charge in [-0.15, -0.1) is 0 Å². The molecule has 2 nitrogen and oxygen atoms in total. The zero-order chi connectivity index (χ0) is 13.9. The van der Waals surface area contributed by atoms with Gasteiger partial charge in [-0.25, -0.2) is 9.13 Å². The van der Waals surface area contributed by atoms with Crippen LogP contribution in [0.2, 0.25) is 0 Å². The zero-order valence-electron chi connectivity index (χ0n) is 13.3. The van der Waals surface area contributed by atoms with Gasteiger partial charge in [0.2, 0.25) is 0 Å². The van der Waals surface area contributed by atoms with Gasteiger partial charge in [0.25, 0.3) is 5.82 Å². The minimum atomic E-state index is 1.18. The summed E-state index contributed by atoms with van der Waals surface area (Å²) in [5.74, 6) is 1.50. The average Bonchev–Trinajstić information content (AvgIpc) is 2.76. The van der Waals surface area contributed by atoms with E-state index in [2.05, 4.69) is 42.4 Å². The van der Waals surface area contributed by atoms with E-state index in [1.54, 1.807) is 0 Å². The van der Waals surface area contributed by atoms with E-state index >= 15 is 0 Å². The van der Waals surface area contributed by atoms with Crippen LogP contribution in [0.5, 0.6) is 0 Å². The van der Waals surface area contributed by atoms with E-state index in [1.165, 1.54) is 76.6 Å². The molecule has 0 N–H and O–H groups in total. The van der Waals surface area contributed by atoms with Gasteiger partial charge in [-0.2, -0.15) is 0 Å². The molecule has 1 rings (SSSR count). The maximum absolute atomic E-state index is 2.45. The molecule has 1 heterocycles. The number of unbranched alkanes of at least 4 members (excludes halogenated alkanes) is 7. The third kappa shape index (κ3) is 6.26. The quantitative estimate of drug-likeness (QED) is 0.414.